The van der Waals surface area contributed by atoms with Crippen molar-refractivity contribution in [2.75, 3.05) is 4.90 Å². The fourth-order valence-corrected chi connectivity index (χ4v) is 4.77. The van der Waals surface area contributed by atoms with Crippen LogP contribution in [0.5, 0.6) is 5.75 Å². The predicted molar refractivity (Wildman–Crippen MR) is 108 cm³/mol. The monoisotopic (exact) mass is 405 g/mol. The van der Waals surface area contributed by atoms with Gasteiger partial charge in [-0.15, -0.1) is 0 Å². The van der Waals surface area contributed by atoms with Crippen molar-refractivity contribution in [2.45, 2.75) is 63.7 Å². The molecule has 1 atom stereocenters. The summed E-state index contributed by atoms with van der Waals surface area (Å²) in [5.41, 5.74) is 5.96. The Kier molecular flexibility index (Phi) is 4.35. The van der Waals surface area contributed by atoms with Crippen LogP contribution in [0.4, 0.5) is 5.69 Å². The Hall–Kier alpha value is -2.25. The van der Waals surface area contributed by atoms with Crippen LogP contribution in [0.1, 0.15) is 62.4 Å². The first-order chi connectivity index (χ1) is 13.1. The quantitative estimate of drug-likeness (QED) is 0.721. The summed E-state index contributed by atoms with van der Waals surface area (Å²) in [6.45, 7) is 4.10. The van der Waals surface area contributed by atoms with Crippen molar-refractivity contribution in [3.8, 4) is 5.75 Å². The molecule has 2 fully saturated rings. The van der Waals surface area contributed by atoms with Crippen LogP contribution in [-0.2, 0) is 0 Å². The van der Waals surface area contributed by atoms with Crippen LogP contribution in [0.15, 0.2) is 17.1 Å². The minimum Gasteiger partial charge on any atom is -0.506 e. The van der Waals surface area contributed by atoms with E-state index in [4.69, 9.17) is 17.3 Å². The Morgan fingerprint density at radius 3 is 2.57 bits per heavy atom. The van der Waals surface area contributed by atoms with Gasteiger partial charge in [0.2, 0.25) is 5.43 Å². The number of carboxylic acids is 1. The molecule has 1 saturated heterocycles. The molecule has 1 unspecified atom stereocenters. The molecule has 0 radical (unpaired) electrons. The summed E-state index contributed by atoms with van der Waals surface area (Å²) in [6, 6.07) is 1.43. The van der Waals surface area contributed by atoms with E-state index in [2.05, 4.69) is 0 Å². The van der Waals surface area contributed by atoms with Crippen molar-refractivity contribution < 1.29 is 15.0 Å². The molecule has 1 aliphatic heterocycles. The van der Waals surface area contributed by atoms with Crippen LogP contribution < -0.4 is 16.1 Å². The summed E-state index contributed by atoms with van der Waals surface area (Å²) in [5, 5.41) is 20.6. The van der Waals surface area contributed by atoms with Crippen LogP contribution in [0, 0.1) is 0 Å². The number of anilines is 1. The Bertz CT molecular complexity index is 1040. The van der Waals surface area contributed by atoms with Gasteiger partial charge in [0.25, 0.3) is 0 Å². The number of aromatic carboxylic acids is 1. The first kappa shape index (κ1) is 19.1. The summed E-state index contributed by atoms with van der Waals surface area (Å²) in [5.74, 6) is -1.45. The summed E-state index contributed by atoms with van der Waals surface area (Å²) < 4.78 is 1.77. The molecular formula is C20H24ClN3O4. The zero-order valence-electron chi connectivity index (χ0n) is 15.9. The van der Waals surface area contributed by atoms with E-state index < -0.39 is 11.4 Å². The number of carboxylic acid groups (broad SMARTS) is 1. The molecule has 2 heterocycles. The van der Waals surface area contributed by atoms with E-state index in [9.17, 15) is 19.8 Å². The third kappa shape index (κ3) is 2.84. The van der Waals surface area contributed by atoms with Crippen LogP contribution in [0.2, 0.25) is 5.02 Å². The smallest absolute Gasteiger partial charge is 0.341 e. The molecular weight excluding hydrogens is 382 g/mol. The average molecular weight is 406 g/mol. The van der Waals surface area contributed by atoms with Crippen molar-refractivity contribution in [3.63, 3.8) is 0 Å². The van der Waals surface area contributed by atoms with Gasteiger partial charge in [-0.05, 0) is 52.0 Å². The number of aromatic nitrogens is 1. The number of rotatable bonds is 3. The lowest BCUT2D eigenvalue weighted by atomic mass is 9.88. The first-order valence-electron chi connectivity index (χ1n) is 9.52. The second kappa shape index (κ2) is 6.39. The molecule has 0 amide bonds. The molecule has 7 nitrogen and oxygen atoms in total. The number of hydrogen-bond donors (Lipinski definition) is 3. The number of pyridine rings is 1. The number of piperidine rings is 1. The Morgan fingerprint density at radius 2 is 2.00 bits per heavy atom. The lowest BCUT2D eigenvalue weighted by Crippen LogP contribution is -2.57. The van der Waals surface area contributed by atoms with E-state index in [0.29, 0.717) is 11.2 Å². The number of halogens is 1. The maximum atomic E-state index is 12.7. The molecule has 4 N–H and O–H groups in total. The minimum absolute atomic E-state index is 0.0964. The predicted octanol–water partition coefficient (Wildman–Crippen LogP) is 3.45. The second-order valence-corrected chi connectivity index (χ2v) is 8.79. The van der Waals surface area contributed by atoms with Crippen molar-refractivity contribution in [2.24, 2.45) is 5.73 Å². The third-order valence-electron chi connectivity index (χ3n) is 5.89. The Labute approximate surface area is 167 Å². The Morgan fingerprint density at radius 1 is 1.32 bits per heavy atom. The van der Waals surface area contributed by atoms with Gasteiger partial charge in [-0.3, -0.25) is 4.79 Å². The maximum Gasteiger partial charge on any atom is 0.341 e. The lowest BCUT2D eigenvalue weighted by molar-refractivity contribution is 0.0695. The van der Waals surface area contributed by atoms with Gasteiger partial charge in [0.05, 0.1) is 22.1 Å². The number of hydrogen-bond acceptors (Lipinski definition) is 5. The number of fused-ring (bicyclic) bond motifs is 1. The number of carbonyl (C=O) groups is 1. The zero-order chi connectivity index (χ0) is 20.4. The molecule has 0 spiro atoms. The summed E-state index contributed by atoms with van der Waals surface area (Å²) in [7, 11) is 0. The first-order valence-corrected chi connectivity index (χ1v) is 9.90. The van der Waals surface area contributed by atoms with E-state index in [1.165, 1.54) is 12.3 Å². The topological polar surface area (TPSA) is 109 Å². The van der Waals surface area contributed by atoms with Gasteiger partial charge in [0, 0.05) is 17.8 Å². The van der Waals surface area contributed by atoms with E-state index >= 15 is 0 Å². The van der Waals surface area contributed by atoms with Crippen molar-refractivity contribution in [1.29, 1.82) is 0 Å². The molecule has 0 bridgehead atoms. The molecule has 2 aliphatic rings. The number of phenols is 1. The highest BCUT2D eigenvalue weighted by molar-refractivity contribution is 6.38. The van der Waals surface area contributed by atoms with Gasteiger partial charge < -0.3 is 25.4 Å². The number of nitrogens with zero attached hydrogens (tertiary/aromatic N) is 2. The number of phenolic OH excluding ortho intramolecular Hbond substituents is 1. The van der Waals surface area contributed by atoms with E-state index in [1.54, 1.807) is 4.57 Å². The number of nitrogens with two attached hydrogens (primary N) is 1. The SMILES string of the molecule is CC1(C)CCCC(N)N1c1c(O)cc2c(=O)c(C(=O)O)cn(C3CC3)c2c1Cl. The number of benzene rings is 1. The summed E-state index contributed by atoms with van der Waals surface area (Å²) >= 11 is 6.79. The number of aromatic hydroxyl groups is 1. The minimum atomic E-state index is -1.29. The van der Waals surface area contributed by atoms with E-state index in [-0.39, 0.29) is 39.5 Å². The van der Waals surface area contributed by atoms with Crippen molar-refractivity contribution >= 4 is 34.2 Å². The largest absolute Gasteiger partial charge is 0.506 e. The van der Waals surface area contributed by atoms with Gasteiger partial charge in [0.15, 0.2) is 0 Å². The summed E-state index contributed by atoms with van der Waals surface area (Å²) in [4.78, 5) is 26.2. The van der Waals surface area contributed by atoms with Gasteiger partial charge >= 0.3 is 5.97 Å². The fourth-order valence-electron chi connectivity index (χ4n) is 4.38. The van der Waals surface area contributed by atoms with Crippen LogP contribution >= 0.6 is 11.6 Å². The summed E-state index contributed by atoms with van der Waals surface area (Å²) in [6.07, 6.45) is 5.47. The van der Waals surface area contributed by atoms with Gasteiger partial charge in [-0.25, -0.2) is 4.79 Å². The molecule has 2 aromatic rings. The molecule has 4 rings (SSSR count). The van der Waals surface area contributed by atoms with Crippen LogP contribution in [0.25, 0.3) is 10.9 Å². The normalized spacial score (nSPS) is 21.9. The van der Waals surface area contributed by atoms with Crippen molar-refractivity contribution in [1.82, 2.24) is 4.57 Å². The molecule has 1 aliphatic carbocycles. The lowest BCUT2D eigenvalue weighted by Gasteiger charge is -2.48. The third-order valence-corrected chi connectivity index (χ3v) is 6.25. The molecule has 1 saturated carbocycles. The maximum absolute atomic E-state index is 12.7. The molecule has 1 aromatic carbocycles. The molecule has 1 aromatic heterocycles. The molecule has 28 heavy (non-hydrogen) atoms. The highest BCUT2D eigenvalue weighted by Crippen LogP contribution is 2.48. The Balaban J connectivity index is 2.06. The van der Waals surface area contributed by atoms with E-state index in [1.807, 2.05) is 18.7 Å². The van der Waals surface area contributed by atoms with Crippen LogP contribution in [-0.4, -0.2) is 32.5 Å². The molecule has 8 heteroatoms. The standard InChI is InChI=1S/C20H24ClN3O4/c1-20(2)7-3-4-14(22)24(20)17-13(25)8-11-16(15(17)21)23(10-5-6-10)9-12(18(11)26)19(27)28/h8-10,14,25H,3-7,22H2,1-2H3,(H,27,28). The highest BCUT2D eigenvalue weighted by atomic mass is 35.5. The second-order valence-electron chi connectivity index (χ2n) is 8.41. The van der Waals surface area contributed by atoms with Crippen LogP contribution in [0.3, 0.4) is 0 Å². The van der Waals surface area contributed by atoms with Crippen molar-refractivity contribution in [3.05, 3.63) is 33.1 Å². The fraction of sp³-hybridized carbons (Fsp3) is 0.500. The van der Waals surface area contributed by atoms with E-state index in [0.717, 1.165) is 32.1 Å². The van der Waals surface area contributed by atoms with Gasteiger partial charge in [-0.1, -0.05) is 11.6 Å². The highest BCUT2D eigenvalue weighted by Gasteiger charge is 2.38. The van der Waals surface area contributed by atoms with Gasteiger partial charge in [-0.2, -0.15) is 0 Å². The zero-order valence-corrected chi connectivity index (χ0v) is 16.7. The average Bonchev–Trinajstić information content (AvgIpc) is 3.42. The van der Waals surface area contributed by atoms with Gasteiger partial charge in [0.1, 0.15) is 17.0 Å². The molecule has 150 valence electrons.